The molecule has 2 aromatic carbocycles. The number of aryl methyl sites for hydroxylation is 3. The third-order valence-electron chi connectivity index (χ3n) is 4.75. The van der Waals surface area contributed by atoms with Crippen molar-refractivity contribution in [2.75, 3.05) is 10.6 Å². The van der Waals surface area contributed by atoms with Crippen LogP contribution in [-0.4, -0.2) is 15.6 Å². The number of amides is 2. The summed E-state index contributed by atoms with van der Waals surface area (Å²) in [6.45, 7) is 2.99. The highest BCUT2D eigenvalue weighted by atomic mass is 16.2. The second-order valence-electron chi connectivity index (χ2n) is 6.63. The van der Waals surface area contributed by atoms with E-state index >= 15 is 0 Å². The van der Waals surface area contributed by atoms with Crippen molar-refractivity contribution in [2.45, 2.75) is 32.7 Å². The van der Waals surface area contributed by atoms with Gasteiger partial charge in [-0.1, -0.05) is 36.4 Å². The average molecular weight is 346 g/mol. The Balaban J connectivity index is 1.57. The van der Waals surface area contributed by atoms with Gasteiger partial charge in [-0.3, -0.25) is 0 Å². The predicted molar refractivity (Wildman–Crippen MR) is 104 cm³/mol. The monoisotopic (exact) mass is 346 g/mol. The minimum atomic E-state index is -0.254. The van der Waals surface area contributed by atoms with Gasteiger partial charge in [0, 0.05) is 30.4 Å². The van der Waals surface area contributed by atoms with Crippen LogP contribution in [0, 0.1) is 6.92 Å². The molecule has 0 spiro atoms. The fraction of sp³-hybridized carbons (Fsp3) is 0.238. The van der Waals surface area contributed by atoms with E-state index in [-0.39, 0.29) is 6.03 Å². The number of imidazole rings is 1. The molecule has 0 unspecified atom stereocenters. The van der Waals surface area contributed by atoms with Gasteiger partial charge in [0.2, 0.25) is 0 Å². The Morgan fingerprint density at radius 2 is 1.73 bits per heavy atom. The quantitative estimate of drug-likeness (QED) is 0.713. The van der Waals surface area contributed by atoms with Gasteiger partial charge in [-0.25, -0.2) is 9.78 Å². The van der Waals surface area contributed by atoms with E-state index < -0.39 is 0 Å². The molecule has 132 valence electrons. The number of hydrogen-bond acceptors (Lipinski definition) is 2. The van der Waals surface area contributed by atoms with Crippen LogP contribution in [0.2, 0.25) is 0 Å². The average Bonchev–Trinajstić information content (AvgIpc) is 3.08. The molecule has 1 aliphatic heterocycles. The molecule has 0 fully saturated rings. The molecular formula is C21H22N4O. The van der Waals surface area contributed by atoms with Gasteiger partial charge >= 0.3 is 6.03 Å². The van der Waals surface area contributed by atoms with Crippen LogP contribution in [0.25, 0.3) is 11.3 Å². The molecule has 2 amide bonds. The lowest BCUT2D eigenvalue weighted by Gasteiger charge is -2.12. The molecule has 0 saturated heterocycles. The SMILES string of the molecule is Cc1ccccc1NC(=O)Nc1ccccc1-c1cn2c(n1)CCCC2. The fourth-order valence-corrected chi connectivity index (χ4v) is 3.35. The Hall–Kier alpha value is -3.08. The van der Waals surface area contributed by atoms with Crippen LogP contribution in [0.5, 0.6) is 0 Å². The number of para-hydroxylation sites is 2. The zero-order valence-corrected chi connectivity index (χ0v) is 14.8. The number of carbonyl (C=O) groups is 1. The second kappa shape index (κ2) is 7.04. The number of benzene rings is 2. The summed E-state index contributed by atoms with van der Waals surface area (Å²) >= 11 is 0. The van der Waals surface area contributed by atoms with Crippen molar-refractivity contribution in [3.8, 4) is 11.3 Å². The number of anilines is 2. The summed E-state index contributed by atoms with van der Waals surface area (Å²) in [4.78, 5) is 17.2. The van der Waals surface area contributed by atoms with Gasteiger partial charge in [-0.05, 0) is 37.5 Å². The van der Waals surface area contributed by atoms with Crippen LogP contribution in [0.3, 0.4) is 0 Å². The maximum absolute atomic E-state index is 12.5. The topological polar surface area (TPSA) is 59.0 Å². The first-order valence-corrected chi connectivity index (χ1v) is 9.00. The molecule has 5 heteroatoms. The molecule has 0 radical (unpaired) electrons. The number of carbonyl (C=O) groups excluding carboxylic acids is 1. The molecule has 2 heterocycles. The molecular weight excluding hydrogens is 324 g/mol. The molecule has 0 bridgehead atoms. The van der Waals surface area contributed by atoms with Crippen LogP contribution in [0.4, 0.5) is 16.2 Å². The summed E-state index contributed by atoms with van der Waals surface area (Å²) in [5.41, 5.74) is 4.44. The smallest absolute Gasteiger partial charge is 0.323 e. The van der Waals surface area contributed by atoms with E-state index in [2.05, 4.69) is 21.4 Å². The Bertz CT molecular complexity index is 921. The lowest BCUT2D eigenvalue weighted by molar-refractivity contribution is 0.262. The van der Waals surface area contributed by atoms with Crippen molar-refractivity contribution < 1.29 is 4.79 Å². The highest BCUT2D eigenvalue weighted by Gasteiger charge is 2.16. The molecule has 0 saturated carbocycles. The van der Waals surface area contributed by atoms with Crippen molar-refractivity contribution in [2.24, 2.45) is 0 Å². The lowest BCUT2D eigenvalue weighted by atomic mass is 10.1. The maximum atomic E-state index is 12.5. The zero-order chi connectivity index (χ0) is 17.9. The summed E-state index contributed by atoms with van der Waals surface area (Å²) < 4.78 is 2.23. The Morgan fingerprint density at radius 3 is 2.54 bits per heavy atom. The van der Waals surface area contributed by atoms with Gasteiger partial charge in [-0.2, -0.15) is 0 Å². The van der Waals surface area contributed by atoms with E-state index in [1.54, 1.807) is 0 Å². The molecule has 1 aromatic heterocycles. The van der Waals surface area contributed by atoms with Crippen LogP contribution >= 0.6 is 0 Å². The van der Waals surface area contributed by atoms with Crippen molar-refractivity contribution >= 4 is 17.4 Å². The van der Waals surface area contributed by atoms with Gasteiger partial charge in [-0.15, -0.1) is 0 Å². The predicted octanol–water partition coefficient (Wildman–Crippen LogP) is 4.84. The van der Waals surface area contributed by atoms with Crippen LogP contribution in [0.1, 0.15) is 24.2 Å². The van der Waals surface area contributed by atoms with Crippen molar-refractivity contribution in [3.05, 3.63) is 66.1 Å². The standard InChI is InChI=1S/C21H22N4O/c1-15-8-2-4-10-17(15)23-21(26)24-18-11-5-3-9-16(18)19-14-25-13-7-6-12-20(25)22-19/h2-5,8-11,14H,6-7,12-13H2,1H3,(H2,23,24,26). The molecule has 5 nitrogen and oxygen atoms in total. The minimum Gasteiger partial charge on any atom is -0.334 e. The second-order valence-corrected chi connectivity index (χ2v) is 6.63. The first-order valence-electron chi connectivity index (χ1n) is 9.00. The number of fused-ring (bicyclic) bond motifs is 1. The number of rotatable bonds is 3. The van der Waals surface area contributed by atoms with Crippen LogP contribution in [-0.2, 0) is 13.0 Å². The van der Waals surface area contributed by atoms with Gasteiger partial charge in [0.15, 0.2) is 0 Å². The summed E-state index contributed by atoms with van der Waals surface area (Å²) in [5.74, 6) is 1.13. The number of aromatic nitrogens is 2. The minimum absolute atomic E-state index is 0.254. The molecule has 3 aromatic rings. The zero-order valence-electron chi connectivity index (χ0n) is 14.8. The Kier molecular flexibility index (Phi) is 4.44. The third kappa shape index (κ3) is 3.33. The van der Waals surface area contributed by atoms with Crippen LogP contribution < -0.4 is 10.6 Å². The molecule has 26 heavy (non-hydrogen) atoms. The molecule has 2 N–H and O–H groups in total. The molecule has 0 atom stereocenters. The Labute approximate surface area is 153 Å². The van der Waals surface area contributed by atoms with Gasteiger partial charge in [0.1, 0.15) is 5.82 Å². The first kappa shape index (κ1) is 16.4. The van der Waals surface area contributed by atoms with E-state index in [1.165, 1.54) is 12.8 Å². The van der Waals surface area contributed by atoms with E-state index in [9.17, 15) is 4.79 Å². The molecule has 4 rings (SSSR count). The summed E-state index contributed by atoms with van der Waals surface area (Å²) in [6.07, 6.45) is 5.49. The highest BCUT2D eigenvalue weighted by Crippen LogP contribution is 2.29. The normalized spacial score (nSPS) is 13.1. The van der Waals surface area contributed by atoms with Crippen LogP contribution in [0.15, 0.2) is 54.7 Å². The lowest BCUT2D eigenvalue weighted by Crippen LogP contribution is -2.20. The van der Waals surface area contributed by atoms with E-state index in [4.69, 9.17) is 4.98 Å². The molecule has 1 aliphatic rings. The fourth-order valence-electron chi connectivity index (χ4n) is 3.35. The Morgan fingerprint density at radius 1 is 1.00 bits per heavy atom. The highest BCUT2D eigenvalue weighted by molar-refractivity contribution is 6.02. The van der Waals surface area contributed by atoms with Gasteiger partial charge in [0.05, 0.1) is 11.4 Å². The first-order chi connectivity index (χ1) is 12.7. The molecule has 0 aliphatic carbocycles. The van der Waals surface area contributed by atoms with Crippen molar-refractivity contribution in [1.29, 1.82) is 0 Å². The van der Waals surface area contributed by atoms with E-state index in [0.717, 1.165) is 47.0 Å². The van der Waals surface area contributed by atoms with E-state index in [1.807, 2.05) is 55.5 Å². The maximum Gasteiger partial charge on any atom is 0.323 e. The third-order valence-corrected chi connectivity index (χ3v) is 4.75. The summed E-state index contributed by atoms with van der Waals surface area (Å²) in [7, 11) is 0. The summed E-state index contributed by atoms with van der Waals surface area (Å²) in [6, 6.07) is 15.3. The van der Waals surface area contributed by atoms with E-state index in [0.29, 0.717) is 0 Å². The summed E-state index contributed by atoms with van der Waals surface area (Å²) in [5, 5.41) is 5.88. The number of nitrogens with one attached hydrogen (secondary N) is 2. The number of nitrogens with zero attached hydrogens (tertiary/aromatic N) is 2. The largest absolute Gasteiger partial charge is 0.334 e. The van der Waals surface area contributed by atoms with Gasteiger partial charge in [0.25, 0.3) is 0 Å². The number of hydrogen-bond donors (Lipinski definition) is 2. The number of urea groups is 1. The van der Waals surface area contributed by atoms with Crippen molar-refractivity contribution in [1.82, 2.24) is 9.55 Å². The van der Waals surface area contributed by atoms with Gasteiger partial charge < -0.3 is 15.2 Å². The van der Waals surface area contributed by atoms with Crippen molar-refractivity contribution in [3.63, 3.8) is 0 Å².